The number of rotatable bonds is 3. The second-order valence-corrected chi connectivity index (χ2v) is 7.64. The van der Waals surface area contributed by atoms with Crippen LogP contribution in [-0.2, 0) is 0 Å². The van der Waals surface area contributed by atoms with Crippen molar-refractivity contribution in [3.8, 4) is 0 Å². The molecule has 1 fully saturated rings. The molecule has 0 atom stereocenters. The fourth-order valence-electron chi connectivity index (χ4n) is 4.52. The molecule has 0 amide bonds. The Labute approximate surface area is 154 Å². The molecule has 2 nitrogen and oxygen atoms in total. The van der Waals surface area contributed by atoms with Crippen LogP contribution in [0.15, 0.2) is 60.9 Å². The third kappa shape index (κ3) is 2.61. The molecule has 26 heavy (non-hydrogen) atoms. The molecule has 130 valence electrons. The average Bonchev–Trinajstić information content (AvgIpc) is 3.41. The molecule has 2 aliphatic rings. The predicted octanol–water partition coefficient (Wildman–Crippen LogP) is 6.33. The summed E-state index contributed by atoms with van der Waals surface area (Å²) >= 11 is 0. The van der Waals surface area contributed by atoms with Gasteiger partial charge in [0.05, 0.1) is 17.4 Å². The van der Waals surface area contributed by atoms with Crippen LogP contribution in [0.25, 0.3) is 22.2 Å². The van der Waals surface area contributed by atoms with Gasteiger partial charge < -0.3 is 4.57 Å². The molecule has 1 aromatic heterocycles. The summed E-state index contributed by atoms with van der Waals surface area (Å²) in [5, 5.41) is 0. The van der Waals surface area contributed by atoms with E-state index in [1.165, 1.54) is 59.0 Å². The molecular weight excluding hydrogens is 316 g/mol. The number of hydrogen-bond acceptors (Lipinski definition) is 1. The van der Waals surface area contributed by atoms with Crippen molar-refractivity contribution in [2.45, 2.75) is 45.1 Å². The smallest absolute Gasteiger partial charge is 0.0960 e. The van der Waals surface area contributed by atoms with Gasteiger partial charge in [-0.3, -0.25) is 0 Å². The highest BCUT2D eigenvalue weighted by Gasteiger charge is 2.19. The van der Waals surface area contributed by atoms with Crippen molar-refractivity contribution in [3.05, 3.63) is 77.6 Å². The van der Waals surface area contributed by atoms with Crippen LogP contribution in [0.1, 0.15) is 54.8 Å². The summed E-state index contributed by atoms with van der Waals surface area (Å²) in [5.41, 5.74) is 9.12. The summed E-state index contributed by atoms with van der Waals surface area (Å²) in [4.78, 5) is 4.71. The number of aryl methyl sites for hydroxylation is 1. The second kappa shape index (κ2) is 6.28. The Morgan fingerprint density at radius 1 is 1.04 bits per heavy atom. The van der Waals surface area contributed by atoms with Crippen molar-refractivity contribution in [3.63, 3.8) is 0 Å². The Balaban J connectivity index is 1.47. The van der Waals surface area contributed by atoms with Gasteiger partial charge in [0.1, 0.15) is 0 Å². The lowest BCUT2D eigenvalue weighted by Gasteiger charge is -2.12. The number of allylic oxidation sites excluding steroid dienone is 4. The summed E-state index contributed by atoms with van der Waals surface area (Å²) in [6.07, 6.45) is 13.0. The number of imidazole rings is 1. The normalized spacial score (nSPS) is 17.7. The number of nitrogens with zero attached hydrogens (tertiary/aromatic N) is 2. The van der Waals surface area contributed by atoms with Crippen molar-refractivity contribution >= 4 is 22.2 Å². The summed E-state index contributed by atoms with van der Waals surface area (Å²) in [5.74, 6) is 0. The lowest BCUT2D eigenvalue weighted by molar-refractivity contribution is 0.532. The Bertz CT molecular complexity index is 1030. The molecule has 0 unspecified atom stereocenters. The molecule has 5 rings (SSSR count). The van der Waals surface area contributed by atoms with Gasteiger partial charge in [-0.25, -0.2) is 4.98 Å². The van der Waals surface area contributed by atoms with Gasteiger partial charge in [0.15, 0.2) is 0 Å². The molecule has 2 heteroatoms. The third-order valence-corrected chi connectivity index (χ3v) is 5.99. The zero-order valence-corrected chi connectivity index (χ0v) is 15.3. The van der Waals surface area contributed by atoms with Crippen molar-refractivity contribution in [2.75, 3.05) is 0 Å². The Morgan fingerprint density at radius 3 is 2.73 bits per heavy atom. The second-order valence-electron chi connectivity index (χ2n) is 7.64. The maximum atomic E-state index is 4.71. The molecule has 0 bridgehead atoms. The standard InChI is InChI=1S/C24H24N2/c1-17-6-2-5-9-22(17)20-11-10-18(14-20)19-12-13-24-23(15-19)25-16-26(24)21-7-3-4-8-21/h2,5-6,9,11-16,21H,3-4,7-8,10H2,1H3. The van der Waals surface area contributed by atoms with Gasteiger partial charge in [0.2, 0.25) is 0 Å². The van der Waals surface area contributed by atoms with E-state index in [1.54, 1.807) is 0 Å². The Morgan fingerprint density at radius 2 is 1.88 bits per heavy atom. The number of hydrogen-bond donors (Lipinski definition) is 0. The van der Waals surface area contributed by atoms with Crippen molar-refractivity contribution in [1.29, 1.82) is 0 Å². The van der Waals surface area contributed by atoms with Crippen LogP contribution in [0, 0.1) is 6.92 Å². The molecule has 0 spiro atoms. The molecular formula is C24H24N2. The number of aromatic nitrogens is 2. The predicted molar refractivity (Wildman–Crippen MR) is 109 cm³/mol. The van der Waals surface area contributed by atoms with Gasteiger partial charge in [-0.1, -0.05) is 55.3 Å². The van der Waals surface area contributed by atoms with Gasteiger partial charge >= 0.3 is 0 Å². The highest BCUT2D eigenvalue weighted by Crippen LogP contribution is 2.36. The molecule has 1 heterocycles. The summed E-state index contributed by atoms with van der Waals surface area (Å²) in [6.45, 7) is 2.18. The molecule has 3 aromatic rings. The van der Waals surface area contributed by atoms with Gasteiger partial charge in [0.25, 0.3) is 0 Å². The first-order valence-corrected chi connectivity index (χ1v) is 9.73. The highest BCUT2D eigenvalue weighted by molar-refractivity contribution is 5.92. The quantitative estimate of drug-likeness (QED) is 0.544. The molecule has 0 N–H and O–H groups in total. The van der Waals surface area contributed by atoms with Crippen LogP contribution in [0.2, 0.25) is 0 Å². The van der Waals surface area contributed by atoms with Gasteiger partial charge in [0, 0.05) is 6.04 Å². The third-order valence-electron chi connectivity index (χ3n) is 5.99. The average molecular weight is 340 g/mol. The zero-order chi connectivity index (χ0) is 17.5. The Kier molecular flexibility index (Phi) is 3.77. The fourth-order valence-corrected chi connectivity index (χ4v) is 4.52. The molecule has 2 aliphatic carbocycles. The van der Waals surface area contributed by atoms with E-state index in [0.717, 1.165) is 11.9 Å². The van der Waals surface area contributed by atoms with Crippen LogP contribution < -0.4 is 0 Å². The lowest BCUT2D eigenvalue weighted by atomic mass is 10.0. The van der Waals surface area contributed by atoms with E-state index in [0.29, 0.717) is 6.04 Å². The minimum Gasteiger partial charge on any atom is -0.327 e. The zero-order valence-electron chi connectivity index (χ0n) is 15.3. The largest absolute Gasteiger partial charge is 0.327 e. The maximum absolute atomic E-state index is 4.71. The molecule has 0 radical (unpaired) electrons. The molecule has 2 aromatic carbocycles. The topological polar surface area (TPSA) is 17.8 Å². The van der Waals surface area contributed by atoms with E-state index in [2.05, 4.69) is 66.1 Å². The lowest BCUT2D eigenvalue weighted by Crippen LogP contribution is -2.02. The van der Waals surface area contributed by atoms with E-state index in [1.807, 2.05) is 6.33 Å². The summed E-state index contributed by atoms with van der Waals surface area (Å²) in [7, 11) is 0. The number of benzene rings is 2. The summed E-state index contributed by atoms with van der Waals surface area (Å²) in [6, 6.07) is 16.1. The van der Waals surface area contributed by atoms with Crippen molar-refractivity contribution in [2.24, 2.45) is 0 Å². The van der Waals surface area contributed by atoms with E-state index >= 15 is 0 Å². The SMILES string of the molecule is Cc1ccccc1C1=CCC(c2ccc3c(c2)ncn3C2CCCC2)=C1. The minimum atomic E-state index is 0.644. The maximum Gasteiger partial charge on any atom is 0.0960 e. The summed E-state index contributed by atoms with van der Waals surface area (Å²) < 4.78 is 2.39. The highest BCUT2D eigenvalue weighted by atomic mass is 15.1. The van der Waals surface area contributed by atoms with Crippen LogP contribution in [0.5, 0.6) is 0 Å². The Hall–Kier alpha value is -2.61. The van der Waals surface area contributed by atoms with Gasteiger partial charge in [-0.15, -0.1) is 0 Å². The van der Waals surface area contributed by atoms with Crippen LogP contribution in [0.4, 0.5) is 0 Å². The fraction of sp³-hybridized carbons (Fsp3) is 0.292. The first-order chi connectivity index (χ1) is 12.8. The van der Waals surface area contributed by atoms with E-state index < -0.39 is 0 Å². The number of fused-ring (bicyclic) bond motifs is 1. The first kappa shape index (κ1) is 15.6. The van der Waals surface area contributed by atoms with E-state index in [-0.39, 0.29) is 0 Å². The molecule has 0 saturated heterocycles. The van der Waals surface area contributed by atoms with Crippen molar-refractivity contribution < 1.29 is 0 Å². The minimum absolute atomic E-state index is 0.644. The van der Waals surface area contributed by atoms with Crippen molar-refractivity contribution in [1.82, 2.24) is 9.55 Å². The van der Waals surface area contributed by atoms with Crippen LogP contribution >= 0.6 is 0 Å². The van der Waals surface area contributed by atoms with Crippen LogP contribution in [0.3, 0.4) is 0 Å². The van der Waals surface area contributed by atoms with Gasteiger partial charge in [-0.05, 0) is 66.2 Å². The molecule has 0 aliphatic heterocycles. The van der Waals surface area contributed by atoms with E-state index in [9.17, 15) is 0 Å². The van der Waals surface area contributed by atoms with Gasteiger partial charge in [-0.2, -0.15) is 0 Å². The monoisotopic (exact) mass is 340 g/mol. The first-order valence-electron chi connectivity index (χ1n) is 9.73. The van der Waals surface area contributed by atoms with Crippen LogP contribution in [-0.4, -0.2) is 9.55 Å². The van der Waals surface area contributed by atoms with E-state index in [4.69, 9.17) is 4.98 Å². The molecule has 1 saturated carbocycles.